The molecule has 0 aliphatic rings. The summed E-state index contributed by atoms with van der Waals surface area (Å²) in [5.74, 6) is -1.16. The second kappa shape index (κ2) is 11.1. The maximum atomic E-state index is 12.6. The average molecular weight is 429 g/mol. The Morgan fingerprint density at radius 2 is 1.97 bits per heavy atom. The van der Waals surface area contributed by atoms with Gasteiger partial charge in [-0.25, -0.2) is 0 Å². The lowest BCUT2D eigenvalue weighted by Gasteiger charge is -2.06. The van der Waals surface area contributed by atoms with Crippen LogP contribution in [0.1, 0.15) is 57.5 Å². The molecule has 2 aromatic rings. The number of carbonyl (C=O) groups is 3. The van der Waals surface area contributed by atoms with Gasteiger partial charge in [-0.1, -0.05) is 24.7 Å². The Kier molecular flexibility index (Phi) is 8.50. The minimum Gasteiger partial charge on any atom is -0.469 e. The van der Waals surface area contributed by atoms with Crippen LogP contribution in [0.3, 0.4) is 0 Å². The molecule has 0 radical (unpaired) electrons. The molecule has 1 aromatic carbocycles. The number of ether oxygens (including phenoxy) is 1. The monoisotopic (exact) mass is 428 g/mol. The van der Waals surface area contributed by atoms with Gasteiger partial charge in [0, 0.05) is 24.3 Å². The first-order valence-corrected chi connectivity index (χ1v) is 10.4. The van der Waals surface area contributed by atoms with Crippen molar-refractivity contribution in [2.24, 2.45) is 4.99 Å². The number of benzene rings is 1. The first kappa shape index (κ1) is 23.0. The number of unbranched alkanes of at least 4 members (excludes halogenated alkanes) is 1. The van der Waals surface area contributed by atoms with Gasteiger partial charge in [0.1, 0.15) is 4.88 Å². The fraction of sp³-hybridized carbons (Fsp3) is 0.381. The van der Waals surface area contributed by atoms with E-state index in [9.17, 15) is 14.4 Å². The zero-order chi connectivity index (χ0) is 22.1. The van der Waals surface area contributed by atoms with E-state index in [0.29, 0.717) is 27.4 Å². The van der Waals surface area contributed by atoms with Gasteiger partial charge in [-0.15, -0.1) is 0 Å². The third kappa shape index (κ3) is 5.87. The number of esters is 1. The summed E-state index contributed by atoms with van der Waals surface area (Å²) in [7, 11) is 1.29. The Bertz CT molecular complexity index is 1030. The first-order valence-electron chi connectivity index (χ1n) is 9.55. The zero-order valence-corrected chi connectivity index (χ0v) is 18.0. The number of methoxy groups -OCH3 is 1. The van der Waals surface area contributed by atoms with E-state index in [4.69, 9.17) is 5.26 Å². The van der Waals surface area contributed by atoms with Crippen molar-refractivity contribution in [3.63, 3.8) is 0 Å². The van der Waals surface area contributed by atoms with Crippen LogP contribution < -0.4 is 10.1 Å². The molecule has 2 amide bonds. The smallest absolute Gasteiger partial charge is 0.307 e. The van der Waals surface area contributed by atoms with Crippen molar-refractivity contribution in [3.8, 4) is 6.07 Å². The molecule has 30 heavy (non-hydrogen) atoms. The quantitative estimate of drug-likeness (QED) is 0.649. The van der Waals surface area contributed by atoms with Gasteiger partial charge in [-0.2, -0.15) is 10.3 Å². The molecule has 1 N–H and O–H groups in total. The molecule has 8 nitrogen and oxygen atoms in total. The number of rotatable bonds is 8. The van der Waals surface area contributed by atoms with E-state index >= 15 is 0 Å². The first-order chi connectivity index (χ1) is 14.4. The van der Waals surface area contributed by atoms with Crippen molar-refractivity contribution in [2.75, 3.05) is 13.7 Å². The lowest BCUT2D eigenvalue weighted by Crippen LogP contribution is -2.26. The van der Waals surface area contributed by atoms with E-state index in [-0.39, 0.29) is 18.9 Å². The molecule has 0 unspecified atom stereocenters. The maximum Gasteiger partial charge on any atom is 0.307 e. The van der Waals surface area contributed by atoms with Crippen LogP contribution in [0, 0.1) is 18.3 Å². The highest BCUT2D eigenvalue weighted by Crippen LogP contribution is 2.14. The molecule has 0 atom stereocenters. The maximum absolute atomic E-state index is 12.6. The molecule has 0 spiro atoms. The Balaban J connectivity index is 2.32. The Morgan fingerprint density at radius 3 is 2.57 bits per heavy atom. The summed E-state index contributed by atoms with van der Waals surface area (Å²) in [5, 5.41) is 11.6. The van der Waals surface area contributed by atoms with Crippen molar-refractivity contribution in [2.45, 2.75) is 39.7 Å². The largest absolute Gasteiger partial charge is 0.469 e. The number of carbonyl (C=O) groups excluding carboxylic acids is 3. The van der Waals surface area contributed by atoms with E-state index in [0.717, 1.165) is 29.9 Å². The number of aromatic nitrogens is 1. The molecule has 0 bridgehead atoms. The Hall–Kier alpha value is -3.25. The number of nitriles is 1. The number of hydrogen-bond donors (Lipinski definition) is 1. The van der Waals surface area contributed by atoms with E-state index in [2.05, 4.69) is 22.0 Å². The standard InChI is InChI=1S/C21H24N4O4S/c1-4-5-12-25-14(2)18(20(28)23-11-10-17(26)29-3)30-21(25)24-19(27)16-8-6-15(13-22)7-9-16/h6-9H,4-5,10-12H2,1-3H3,(H,23,28). The van der Waals surface area contributed by atoms with Crippen molar-refractivity contribution < 1.29 is 19.1 Å². The second-order valence-corrected chi connectivity index (χ2v) is 7.47. The Labute approximate surface area is 178 Å². The molecule has 1 heterocycles. The minimum atomic E-state index is -0.441. The summed E-state index contributed by atoms with van der Waals surface area (Å²) < 4.78 is 6.43. The lowest BCUT2D eigenvalue weighted by atomic mass is 10.1. The lowest BCUT2D eigenvalue weighted by molar-refractivity contribution is -0.140. The number of amides is 2. The normalized spacial score (nSPS) is 11.1. The minimum absolute atomic E-state index is 0.0803. The third-order valence-electron chi connectivity index (χ3n) is 4.40. The van der Waals surface area contributed by atoms with Gasteiger partial charge < -0.3 is 14.6 Å². The number of hydrogen-bond acceptors (Lipinski definition) is 6. The molecule has 0 aliphatic carbocycles. The van der Waals surface area contributed by atoms with Crippen LogP contribution in [0.25, 0.3) is 0 Å². The predicted octanol–water partition coefficient (Wildman–Crippen LogP) is 2.56. The molecule has 0 aliphatic heterocycles. The van der Waals surface area contributed by atoms with Crippen LogP contribution in [0.4, 0.5) is 0 Å². The van der Waals surface area contributed by atoms with Gasteiger partial charge in [0.15, 0.2) is 4.80 Å². The van der Waals surface area contributed by atoms with Crippen LogP contribution in [0.15, 0.2) is 29.3 Å². The van der Waals surface area contributed by atoms with Crippen LogP contribution >= 0.6 is 11.3 Å². The predicted molar refractivity (Wildman–Crippen MR) is 112 cm³/mol. The summed E-state index contributed by atoms with van der Waals surface area (Å²) in [6, 6.07) is 8.25. The van der Waals surface area contributed by atoms with Crippen LogP contribution in [0.2, 0.25) is 0 Å². The average Bonchev–Trinajstić information content (AvgIpc) is 3.06. The third-order valence-corrected chi connectivity index (χ3v) is 5.58. The van der Waals surface area contributed by atoms with Gasteiger partial charge in [-0.05, 0) is 37.6 Å². The van der Waals surface area contributed by atoms with Crippen LogP contribution in [-0.2, 0) is 16.1 Å². The number of thiazole rings is 1. The summed E-state index contributed by atoms with van der Waals surface area (Å²) in [5.41, 5.74) is 1.55. The van der Waals surface area contributed by atoms with Gasteiger partial charge in [-0.3, -0.25) is 14.4 Å². The molecule has 158 valence electrons. The fourth-order valence-corrected chi connectivity index (χ4v) is 3.73. The van der Waals surface area contributed by atoms with E-state index in [1.54, 1.807) is 24.3 Å². The number of nitrogens with one attached hydrogen (secondary N) is 1. The van der Waals surface area contributed by atoms with E-state index in [1.807, 2.05) is 17.6 Å². The highest BCUT2D eigenvalue weighted by Gasteiger charge is 2.17. The van der Waals surface area contributed by atoms with Gasteiger partial charge in [0.05, 0.1) is 25.2 Å². The summed E-state index contributed by atoms with van der Waals surface area (Å²) in [4.78, 5) is 41.5. The van der Waals surface area contributed by atoms with Crippen molar-refractivity contribution in [1.29, 1.82) is 5.26 Å². The molecule has 9 heteroatoms. The van der Waals surface area contributed by atoms with E-state index < -0.39 is 11.9 Å². The fourth-order valence-electron chi connectivity index (χ4n) is 2.66. The molecule has 2 rings (SSSR count). The molecule has 0 saturated heterocycles. The van der Waals surface area contributed by atoms with Crippen molar-refractivity contribution in [3.05, 3.63) is 50.8 Å². The molecule has 1 aromatic heterocycles. The van der Waals surface area contributed by atoms with Gasteiger partial charge >= 0.3 is 5.97 Å². The summed E-state index contributed by atoms with van der Waals surface area (Å²) >= 11 is 1.13. The summed E-state index contributed by atoms with van der Waals surface area (Å²) in [6.45, 7) is 4.66. The van der Waals surface area contributed by atoms with Crippen LogP contribution in [0.5, 0.6) is 0 Å². The van der Waals surface area contributed by atoms with Crippen molar-refractivity contribution in [1.82, 2.24) is 9.88 Å². The zero-order valence-electron chi connectivity index (χ0n) is 17.2. The van der Waals surface area contributed by atoms with Gasteiger partial charge in [0.2, 0.25) is 0 Å². The number of nitrogens with zero attached hydrogens (tertiary/aromatic N) is 3. The molecule has 0 saturated carbocycles. The van der Waals surface area contributed by atoms with Gasteiger partial charge in [0.25, 0.3) is 11.8 Å². The molecular weight excluding hydrogens is 404 g/mol. The Morgan fingerprint density at radius 1 is 1.27 bits per heavy atom. The highest BCUT2D eigenvalue weighted by molar-refractivity contribution is 7.11. The molecule has 0 fully saturated rings. The summed E-state index contributed by atoms with van der Waals surface area (Å²) in [6.07, 6.45) is 1.90. The van der Waals surface area contributed by atoms with Crippen molar-refractivity contribution >= 4 is 29.1 Å². The highest BCUT2D eigenvalue weighted by atomic mass is 32.1. The topological polar surface area (TPSA) is 114 Å². The second-order valence-electron chi connectivity index (χ2n) is 6.49. The molecular formula is C21H24N4O4S. The van der Waals surface area contributed by atoms with Crippen LogP contribution in [-0.4, -0.2) is 36.0 Å². The van der Waals surface area contributed by atoms with E-state index in [1.165, 1.54) is 7.11 Å². The SMILES string of the molecule is CCCCn1c(C)c(C(=O)NCCC(=O)OC)sc1=NC(=O)c1ccc(C#N)cc1.